The van der Waals surface area contributed by atoms with E-state index in [1.165, 1.54) is 0 Å². The molecule has 0 aliphatic rings. The van der Waals surface area contributed by atoms with E-state index in [9.17, 15) is 4.79 Å². The quantitative estimate of drug-likeness (QED) is 0.487. The maximum Gasteiger partial charge on any atom is 0.262 e. The number of carbonyl (C=O) groups excluding carboxylic acids is 1. The van der Waals surface area contributed by atoms with Crippen molar-refractivity contribution in [1.82, 2.24) is 5.32 Å². The molecule has 1 aromatic rings. The number of ether oxygens (including phenoxy) is 1. The highest BCUT2D eigenvalue weighted by atomic mass is 16.5. The van der Waals surface area contributed by atoms with Gasteiger partial charge < -0.3 is 10.1 Å². The predicted octanol–water partition coefficient (Wildman–Crippen LogP) is 1.66. The zero-order chi connectivity index (χ0) is 13.4. The molecule has 0 saturated heterocycles. The van der Waals surface area contributed by atoms with Crippen LogP contribution in [-0.2, 0) is 9.53 Å². The Morgan fingerprint density at radius 3 is 2.83 bits per heavy atom. The Bertz CT molecular complexity index is 487. The number of nitrogens with one attached hydrogen (secondary N) is 1. The third-order valence-corrected chi connectivity index (χ3v) is 2.45. The number of benzene rings is 1. The van der Waals surface area contributed by atoms with Gasteiger partial charge in [-0.3, -0.25) is 4.79 Å². The molecule has 94 valence electrons. The fourth-order valence-corrected chi connectivity index (χ4v) is 1.41. The number of amides is 1. The first kappa shape index (κ1) is 13.9. The standard InChI is InChI=1S/C14H16N2O2/c1-11-5-3-4-6-12(11)9-13(10-15)14(17)16-7-8-18-2/h3-6,9H,7-8H2,1-2H3,(H,16,17)/b13-9+. The third-order valence-electron chi connectivity index (χ3n) is 2.45. The van der Waals surface area contributed by atoms with E-state index in [1.54, 1.807) is 13.2 Å². The topological polar surface area (TPSA) is 62.1 Å². The summed E-state index contributed by atoms with van der Waals surface area (Å²) in [6.45, 7) is 2.75. The molecule has 4 nitrogen and oxygen atoms in total. The third kappa shape index (κ3) is 4.04. The molecule has 0 aromatic heterocycles. The Morgan fingerprint density at radius 2 is 2.22 bits per heavy atom. The second kappa shape index (κ2) is 7.25. The van der Waals surface area contributed by atoms with Crippen molar-refractivity contribution in [2.75, 3.05) is 20.3 Å². The van der Waals surface area contributed by atoms with Crippen LogP contribution in [-0.4, -0.2) is 26.2 Å². The number of hydrogen-bond acceptors (Lipinski definition) is 3. The Morgan fingerprint density at radius 1 is 1.50 bits per heavy atom. The molecule has 1 aromatic carbocycles. The number of rotatable bonds is 5. The smallest absolute Gasteiger partial charge is 0.262 e. The molecule has 18 heavy (non-hydrogen) atoms. The highest BCUT2D eigenvalue weighted by Crippen LogP contribution is 2.11. The van der Waals surface area contributed by atoms with Gasteiger partial charge in [-0.2, -0.15) is 5.26 Å². The van der Waals surface area contributed by atoms with Gasteiger partial charge in [0.1, 0.15) is 11.6 Å². The molecule has 1 amide bonds. The summed E-state index contributed by atoms with van der Waals surface area (Å²) in [5.41, 5.74) is 1.99. The molecule has 0 heterocycles. The van der Waals surface area contributed by atoms with Crippen LogP contribution in [0.25, 0.3) is 6.08 Å². The molecule has 0 radical (unpaired) electrons. The van der Waals surface area contributed by atoms with Crippen LogP contribution in [0, 0.1) is 18.3 Å². The highest BCUT2D eigenvalue weighted by molar-refractivity contribution is 6.01. The van der Waals surface area contributed by atoms with Crippen LogP contribution in [0.3, 0.4) is 0 Å². The Hall–Kier alpha value is -2.12. The SMILES string of the molecule is COCCNC(=O)/C(C#N)=C/c1ccccc1C. The molecule has 0 atom stereocenters. The van der Waals surface area contributed by atoms with Crippen molar-refractivity contribution in [3.8, 4) is 6.07 Å². The summed E-state index contributed by atoms with van der Waals surface area (Å²) < 4.78 is 4.83. The summed E-state index contributed by atoms with van der Waals surface area (Å²) >= 11 is 0. The summed E-state index contributed by atoms with van der Waals surface area (Å²) in [6.07, 6.45) is 1.59. The minimum atomic E-state index is -0.377. The van der Waals surface area contributed by atoms with Gasteiger partial charge in [0.15, 0.2) is 0 Å². The minimum absolute atomic E-state index is 0.0976. The molecule has 0 aliphatic carbocycles. The van der Waals surface area contributed by atoms with E-state index in [2.05, 4.69) is 5.32 Å². The summed E-state index contributed by atoms with van der Waals surface area (Å²) in [4.78, 5) is 11.7. The second-order valence-corrected chi connectivity index (χ2v) is 3.78. The zero-order valence-corrected chi connectivity index (χ0v) is 10.6. The molecule has 0 unspecified atom stereocenters. The zero-order valence-electron chi connectivity index (χ0n) is 10.6. The summed E-state index contributed by atoms with van der Waals surface area (Å²) in [6, 6.07) is 9.50. The Balaban J connectivity index is 2.81. The van der Waals surface area contributed by atoms with Crippen LogP contribution >= 0.6 is 0 Å². The van der Waals surface area contributed by atoms with Gasteiger partial charge in [0.05, 0.1) is 6.61 Å². The van der Waals surface area contributed by atoms with Gasteiger partial charge in [-0.1, -0.05) is 24.3 Å². The predicted molar refractivity (Wildman–Crippen MR) is 69.7 cm³/mol. The number of aryl methyl sites for hydroxylation is 1. The first-order chi connectivity index (χ1) is 8.69. The van der Waals surface area contributed by atoms with E-state index < -0.39 is 0 Å². The largest absolute Gasteiger partial charge is 0.383 e. The van der Waals surface area contributed by atoms with E-state index in [1.807, 2.05) is 37.3 Å². The van der Waals surface area contributed by atoms with Crippen LogP contribution in [0.15, 0.2) is 29.8 Å². The number of carbonyl (C=O) groups is 1. The molecule has 0 fully saturated rings. The van der Waals surface area contributed by atoms with E-state index in [0.717, 1.165) is 11.1 Å². The Labute approximate surface area is 107 Å². The fourth-order valence-electron chi connectivity index (χ4n) is 1.41. The van der Waals surface area contributed by atoms with Crippen molar-refractivity contribution in [2.45, 2.75) is 6.92 Å². The van der Waals surface area contributed by atoms with Crippen molar-refractivity contribution >= 4 is 12.0 Å². The maximum absolute atomic E-state index is 11.7. The van der Waals surface area contributed by atoms with Crippen LogP contribution in [0.5, 0.6) is 0 Å². The fraction of sp³-hybridized carbons (Fsp3) is 0.286. The number of hydrogen-bond donors (Lipinski definition) is 1. The lowest BCUT2D eigenvalue weighted by Gasteiger charge is -2.04. The summed E-state index contributed by atoms with van der Waals surface area (Å²) in [5, 5.41) is 11.6. The number of nitrogens with zero attached hydrogens (tertiary/aromatic N) is 1. The molecule has 1 rings (SSSR count). The van der Waals surface area contributed by atoms with Crippen LogP contribution in [0.1, 0.15) is 11.1 Å². The van der Waals surface area contributed by atoms with Crippen LogP contribution < -0.4 is 5.32 Å². The average Bonchev–Trinajstić information content (AvgIpc) is 2.38. The van der Waals surface area contributed by atoms with Crippen molar-refractivity contribution in [3.63, 3.8) is 0 Å². The first-order valence-corrected chi connectivity index (χ1v) is 5.63. The Kier molecular flexibility index (Phi) is 5.62. The van der Waals surface area contributed by atoms with Gasteiger partial charge in [0.25, 0.3) is 5.91 Å². The molecule has 1 N–H and O–H groups in total. The summed E-state index contributed by atoms with van der Waals surface area (Å²) in [5.74, 6) is -0.377. The van der Waals surface area contributed by atoms with Crippen molar-refractivity contribution in [1.29, 1.82) is 5.26 Å². The van der Waals surface area contributed by atoms with Crippen molar-refractivity contribution in [2.24, 2.45) is 0 Å². The molecular formula is C14H16N2O2. The maximum atomic E-state index is 11.7. The lowest BCUT2D eigenvalue weighted by atomic mass is 10.1. The van der Waals surface area contributed by atoms with Crippen molar-refractivity contribution in [3.05, 3.63) is 41.0 Å². The van der Waals surface area contributed by atoms with Gasteiger partial charge in [0, 0.05) is 13.7 Å². The van der Waals surface area contributed by atoms with E-state index in [-0.39, 0.29) is 11.5 Å². The van der Waals surface area contributed by atoms with E-state index >= 15 is 0 Å². The molecule has 0 saturated carbocycles. The van der Waals surface area contributed by atoms with E-state index in [4.69, 9.17) is 10.00 Å². The van der Waals surface area contributed by atoms with Crippen LogP contribution in [0.2, 0.25) is 0 Å². The average molecular weight is 244 g/mol. The van der Waals surface area contributed by atoms with Gasteiger partial charge in [-0.25, -0.2) is 0 Å². The van der Waals surface area contributed by atoms with Gasteiger partial charge in [0.2, 0.25) is 0 Å². The second-order valence-electron chi connectivity index (χ2n) is 3.78. The minimum Gasteiger partial charge on any atom is -0.383 e. The highest BCUT2D eigenvalue weighted by Gasteiger charge is 2.08. The van der Waals surface area contributed by atoms with Crippen molar-refractivity contribution < 1.29 is 9.53 Å². The summed E-state index contributed by atoms with van der Waals surface area (Å²) in [7, 11) is 1.56. The molecule has 4 heteroatoms. The van der Waals surface area contributed by atoms with Gasteiger partial charge in [-0.05, 0) is 24.1 Å². The van der Waals surface area contributed by atoms with Crippen LogP contribution in [0.4, 0.5) is 0 Å². The molecule has 0 bridgehead atoms. The van der Waals surface area contributed by atoms with E-state index in [0.29, 0.717) is 13.2 Å². The normalized spacial score (nSPS) is 10.8. The lowest BCUT2D eigenvalue weighted by Crippen LogP contribution is -2.27. The molecule has 0 aliphatic heterocycles. The number of methoxy groups -OCH3 is 1. The monoisotopic (exact) mass is 244 g/mol. The van der Waals surface area contributed by atoms with Gasteiger partial charge in [-0.15, -0.1) is 0 Å². The molecular weight excluding hydrogens is 228 g/mol. The van der Waals surface area contributed by atoms with Gasteiger partial charge >= 0.3 is 0 Å². The number of nitriles is 1. The lowest BCUT2D eigenvalue weighted by molar-refractivity contribution is -0.117. The first-order valence-electron chi connectivity index (χ1n) is 5.63. The molecule has 0 spiro atoms.